The zero-order chi connectivity index (χ0) is 12.3. The minimum atomic E-state index is 0.0216. The predicted molar refractivity (Wildman–Crippen MR) is 70.3 cm³/mol. The number of amides is 1. The zero-order valence-electron chi connectivity index (χ0n) is 9.98. The Morgan fingerprint density at radius 3 is 3.00 bits per heavy atom. The Balaban J connectivity index is 2.31. The van der Waals surface area contributed by atoms with Crippen LogP contribution in [0.4, 0.5) is 5.69 Å². The summed E-state index contributed by atoms with van der Waals surface area (Å²) in [5.74, 6) is 0.695. The first-order valence-electron chi connectivity index (χ1n) is 5.93. The smallest absolute Gasteiger partial charge is 0.237 e. The van der Waals surface area contributed by atoms with Crippen LogP contribution >= 0.6 is 11.8 Å². The Kier molecular flexibility index (Phi) is 4.07. The minimum absolute atomic E-state index is 0.0216. The van der Waals surface area contributed by atoms with E-state index in [1.54, 1.807) is 11.8 Å². The monoisotopic (exact) mass is 251 g/mol. The molecular weight excluding hydrogens is 234 g/mol. The highest BCUT2D eigenvalue weighted by molar-refractivity contribution is 8.00. The van der Waals surface area contributed by atoms with Gasteiger partial charge in [0.25, 0.3) is 0 Å². The lowest BCUT2D eigenvalue weighted by Gasteiger charge is -2.29. The fourth-order valence-corrected chi connectivity index (χ4v) is 2.82. The van der Waals surface area contributed by atoms with E-state index in [0.29, 0.717) is 5.75 Å². The third-order valence-electron chi connectivity index (χ3n) is 2.88. The van der Waals surface area contributed by atoms with Gasteiger partial charge in [-0.3, -0.25) is 4.79 Å². The maximum Gasteiger partial charge on any atom is 0.237 e. The molecule has 1 aromatic rings. The van der Waals surface area contributed by atoms with E-state index in [4.69, 9.17) is 5.11 Å². The summed E-state index contributed by atoms with van der Waals surface area (Å²) in [4.78, 5) is 14.9. The lowest BCUT2D eigenvalue weighted by molar-refractivity contribution is -0.116. The largest absolute Gasteiger partial charge is 0.392 e. The van der Waals surface area contributed by atoms with Crippen molar-refractivity contribution in [3.8, 4) is 0 Å². The molecule has 0 aliphatic carbocycles. The summed E-state index contributed by atoms with van der Waals surface area (Å²) >= 11 is 1.58. The van der Waals surface area contributed by atoms with E-state index in [9.17, 15) is 4.79 Å². The second-order valence-corrected chi connectivity index (χ2v) is 5.16. The maximum absolute atomic E-state index is 11.9. The standard InChI is InChI=1S/C13H17NO2S/c1-2-3-6-14-11-7-10(8-15)4-5-12(11)17-9-13(14)16/h4-5,7,15H,2-3,6,8-9H2,1H3. The van der Waals surface area contributed by atoms with Gasteiger partial charge in [-0.2, -0.15) is 0 Å². The van der Waals surface area contributed by atoms with Crippen molar-refractivity contribution in [3.63, 3.8) is 0 Å². The Hall–Kier alpha value is -1.00. The van der Waals surface area contributed by atoms with Crippen LogP contribution in [0, 0.1) is 0 Å². The molecule has 92 valence electrons. The molecule has 0 radical (unpaired) electrons. The third kappa shape index (κ3) is 2.64. The number of fused-ring (bicyclic) bond motifs is 1. The molecule has 1 heterocycles. The summed E-state index contributed by atoms with van der Waals surface area (Å²) in [6.45, 7) is 2.92. The Labute approximate surface area is 106 Å². The number of hydrogen-bond donors (Lipinski definition) is 1. The summed E-state index contributed by atoms with van der Waals surface area (Å²) < 4.78 is 0. The van der Waals surface area contributed by atoms with Crippen molar-refractivity contribution in [1.82, 2.24) is 0 Å². The van der Waals surface area contributed by atoms with Gasteiger partial charge < -0.3 is 10.0 Å². The highest BCUT2D eigenvalue weighted by atomic mass is 32.2. The van der Waals surface area contributed by atoms with Crippen molar-refractivity contribution in [2.75, 3.05) is 17.2 Å². The van der Waals surface area contributed by atoms with Gasteiger partial charge in [0, 0.05) is 11.4 Å². The van der Waals surface area contributed by atoms with Gasteiger partial charge in [-0.25, -0.2) is 0 Å². The topological polar surface area (TPSA) is 40.5 Å². The lowest BCUT2D eigenvalue weighted by atomic mass is 10.1. The van der Waals surface area contributed by atoms with E-state index in [1.165, 1.54) is 0 Å². The van der Waals surface area contributed by atoms with E-state index in [1.807, 2.05) is 23.1 Å². The molecule has 1 aromatic carbocycles. The number of benzene rings is 1. The number of nitrogens with zero attached hydrogens (tertiary/aromatic N) is 1. The summed E-state index contributed by atoms with van der Waals surface area (Å²) in [5, 5.41) is 9.16. The molecule has 1 N–H and O–H groups in total. The van der Waals surface area contributed by atoms with Crippen LogP contribution in [0.3, 0.4) is 0 Å². The number of thioether (sulfide) groups is 1. The van der Waals surface area contributed by atoms with Crippen LogP contribution in [0.2, 0.25) is 0 Å². The summed E-state index contributed by atoms with van der Waals surface area (Å²) in [6.07, 6.45) is 2.09. The Bertz CT molecular complexity index is 420. The average molecular weight is 251 g/mol. The fraction of sp³-hybridized carbons (Fsp3) is 0.462. The molecule has 4 heteroatoms. The van der Waals surface area contributed by atoms with Crippen molar-refractivity contribution in [1.29, 1.82) is 0 Å². The molecule has 0 atom stereocenters. The molecule has 17 heavy (non-hydrogen) atoms. The van der Waals surface area contributed by atoms with Crippen LogP contribution < -0.4 is 4.90 Å². The molecule has 0 unspecified atom stereocenters. The van der Waals surface area contributed by atoms with Gasteiger partial charge in [-0.15, -0.1) is 11.8 Å². The molecule has 1 amide bonds. The van der Waals surface area contributed by atoms with E-state index in [2.05, 4.69) is 6.92 Å². The third-order valence-corrected chi connectivity index (χ3v) is 3.93. The zero-order valence-corrected chi connectivity index (χ0v) is 10.8. The van der Waals surface area contributed by atoms with Crippen LogP contribution in [-0.4, -0.2) is 23.3 Å². The molecule has 0 fully saturated rings. The summed E-state index contributed by atoms with van der Waals surface area (Å²) in [5.41, 5.74) is 1.83. The van der Waals surface area contributed by atoms with Crippen LogP contribution in [0.15, 0.2) is 23.1 Å². The minimum Gasteiger partial charge on any atom is -0.392 e. The van der Waals surface area contributed by atoms with Gasteiger partial charge in [0.1, 0.15) is 0 Å². The Morgan fingerprint density at radius 1 is 1.47 bits per heavy atom. The number of aliphatic hydroxyl groups excluding tert-OH is 1. The molecule has 0 saturated heterocycles. The normalized spacial score (nSPS) is 14.9. The van der Waals surface area contributed by atoms with Crippen LogP contribution in [-0.2, 0) is 11.4 Å². The van der Waals surface area contributed by atoms with Crippen LogP contribution in [0.25, 0.3) is 0 Å². The van der Waals surface area contributed by atoms with Gasteiger partial charge in [0.15, 0.2) is 0 Å². The first kappa shape index (κ1) is 12.5. The predicted octanol–water partition coefficient (Wildman–Crippen LogP) is 2.42. The molecule has 1 aliphatic heterocycles. The lowest BCUT2D eigenvalue weighted by Crippen LogP contribution is -2.36. The van der Waals surface area contributed by atoms with E-state index >= 15 is 0 Å². The summed E-state index contributed by atoms with van der Waals surface area (Å²) in [7, 11) is 0. The first-order chi connectivity index (χ1) is 8.26. The second kappa shape index (κ2) is 5.56. The van der Waals surface area contributed by atoms with Gasteiger partial charge in [0.2, 0.25) is 5.91 Å². The van der Waals surface area contributed by atoms with E-state index in [0.717, 1.165) is 35.5 Å². The highest BCUT2D eigenvalue weighted by Crippen LogP contribution is 2.36. The maximum atomic E-state index is 11.9. The molecule has 0 aromatic heterocycles. The average Bonchev–Trinajstić information content (AvgIpc) is 2.37. The number of carbonyl (C=O) groups is 1. The van der Waals surface area contributed by atoms with E-state index in [-0.39, 0.29) is 12.5 Å². The molecule has 1 aliphatic rings. The number of anilines is 1. The number of hydrogen-bond acceptors (Lipinski definition) is 3. The number of unbranched alkanes of at least 4 members (excludes halogenated alkanes) is 1. The van der Waals surface area contributed by atoms with Gasteiger partial charge in [-0.1, -0.05) is 19.4 Å². The SMILES string of the molecule is CCCCN1C(=O)CSc2ccc(CO)cc21. The van der Waals surface area contributed by atoms with Crippen molar-refractivity contribution in [2.24, 2.45) is 0 Å². The fourth-order valence-electron chi connectivity index (χ4n) is 1.91. The number of aliphatic hydroxyl groups is 1. The van der Waals surface area contributed by atoms with Crippen molar-refractivity contribution >= 4 is 23.4 Å². The second-order valence-electron chi connectivity index (χ2n) is 4.15. The Morgan fingerprint density at radius 2 is 2.29 bits per heavy atom. The van der Waals surface area contributed by atoms with Crippen molar-refractivity contribution in [3.05, 3.63) is 23.8 Å². The molecule has 0 spiro atoms. The summed E-state index contributed by atoms with van der Waals surface area (Å²) in [6, 6.07) is 5.84. The molecular formula is C13H17NO2S. The van der Waals surface area contributed by atoms with E-state index < -0.39 is 0 Å². The van der Waals surface area contributed by atoms with Crippen molar-refractivity contribution < 1.29 is 9.90 Å². The molecule has 0 bridgehead atoms. The molecule has 2 rings (SSSR count). The first-order valence-corrected chi connectivity index (χ1v) is 6.91. The van der Waals surface area contributed by atoms with Gasteiger partial charge in [-0.05, 0) is 24.1 Å². The van der Waals surface area contributed by atoms with Crippen molar-refractivity contribution in [2.45, 2.75) is 31.3 Å². The van der Waals surface area contributed by atoms with Gasteiger partial charge >= 0.3 is 0 Å². The molecule has 0 saturated carbocycles. The van der Waals surface area contributed by atoms with Crippen LogP contribution in [0.5, 0.6) is 0 Å². The van der Waals surface area contributed by atoms with Gasteiger partial charge in [0.05, 0.1) is 18.0 Å². The quantitative estimate of drug-likeness (QED) is 0.893. The van der Waals surface area contributed by atoms with Crippen LogP contribution in [0.1, 0.15) is 25.3 Å². The number of carbonyl (C=O) groups excluding carboxylic acids is 1. The number of rotatable bonds is 4. The highest BCUT2D eigenvalue weighted by Gasteiger charge is 2.24. The molecule has 3 nitrogen and oxygen atoms in total.